The number of aromatic nitrogens is 2. The van der Waals surface area contributed by atoms with Gasteiger partial charge in [0.15, 0.2) is 0 Å². The summed E-state index contributed by atoms with van der Waals surface area (Å²) in [4.78, 5) is 24.5. The molecule has 2 heterocycles. The topological polar surface area (TPSA) is 96.7 Å². The second kappa shape index (κ2) is 7.03. The smallest absolute Gasteiger partial charge is 0.408 e. The summed E-state index contributed by atoms with van der Waals surface area (Å²) in [5.74, 6) is -0.615. The van der Waals surface area contributed by atoms with Crippen molar-refractivity contribution < 1.29 is 19.5 Å². The van der Waals surface area contributed by atoms with Gasteiger partial charge in [0.05, 0.1) is 17.9 Å². The van der Waals surface area contributed by atoms with Crippen LogP contribution < -0.4 is 10.4 Å². The number of hydrogen-bond acceptors (Lipinski definition) is 5. The number of aryl methyl sites for hydroxylation is 1. The molecule has 2 N–H and O–H groups in total. The van der Waals surface area contributed by atoms with E-state index in [0.717, 1.165) is 5.56 Å². The van der Waals surface area contributed by atoms with Gasteiger partial charge in [-0.1, -0.05) is 30.3 Å². The predicted octanol–water partition coefficient (Wildman–Crippen LogP) is 2.41. The van der Waals surface area contributed by atoms with Crippen LogP contribution in [-0.2, 0) is 22.5 Å². The van der Waals surface area contributed by atoms with Gasteiger partial charge in [0.2, 0.25) is 0 Å². The van der Waals surface area contributed by atoms with Crippen LogP contribution in [0.4, 0.5) is 10.5 Å². The van der Waals surface area contributed by atoms with Crippen LogP contribution in [0.5, 0.6) is 0 Å². The minimum Gasteiger partial charge on any atom is -0.444 e. The van der Waals surface area contributed by atoms with Crippen molar-refractivity contribution in [2.45, 2.75) is 52.3 Å². The lowest BCUT2D eigenvalue weighted by Crippen LogP contribution is -2.53. The van der Waals surface area contributed by atoms with E-state index in [1.54, 1.807) is 32.4 Å². The van der Waals surface area contributed by atoms with Gasteiger partial charge >= 0.3 is 6.09 Å². The molecule has 2 amide bonds. The van der Waals surface area contributed by atoms with Crippen molar-refractivity contribution in [1.82, 2.24) is 15.1 Å². The zero-order valence-electron chi connectivity index (χ0n) is 15.9. The normalized spacial score (nSPS) is 16.9. The molecule has 3 rings (SSSR count). The molecule has 0 aliphatic carbocycles. The Balaban J connectivity index is 1.85. The highest BCUT2D eigenvalue weighted by molar-refractivity contribution is 6.00. The molecule has 1 aliphatic heterocycles. The monoisotopic (exact) mass is 372 g/mol. The quantitative estimate of drug-likeness (QED) is 0.807. The molecule has 0 unspecified atom stereocenters. The number of hydrogen-bond donors (Lipinski definition) is 2. The first-order valence-corrected chi connectivity index (χ1v) is 8.78. The zero-order chi connectivity index (χ0) is 19.8. The van der Waals surface area contributed by atoms with Crippen molar-refractivity contribution in [2.75, 3.05) is 5.06 Å². The summed E-state index contributed by atoms with van der Waals surface area (Å²) in [7, 11) is 0. The van der Waals surface area contributed by atoms with E-state index in [-0.39, 0.29) is 6.42 Å². The Bertz CT molecular complexity index is 855. The number of alkyl carbamates (subject to hydrolysis) is 1. The van der Waals surface area contributed by atoms with Crippen LogP contribution in [0, 0.1) is 6.92 Å². The summed E-state index contributed by atoms with van der Waals surface area (Å²) in [5, 5.41) is 17.9. The summed E-state index contributed by atoms with van der Waals surface area (Å²) in [6, 6.07) is 8.83. The van der Waals surface area contributed by atoms with Crippen molar-refractivity contribution in [3.05, 3.63) is 47.3 Å². The van der Waals surface area contributed by atoms with Crippen molar-refractivity contribution in [1.29, 1.82) is 0 Å². The summed E-state index contributed by atoms with van der Waals surface area (Å²) >= 11 is 0. The van der Waals surface area contributed by atoms with Gasteiger partial charge in [-0.2, -0.15) is 10.2 Å². The fourth-order valence-electron chi connectivity index (χ4n) is 3.09. The van der Waals surface area contributed by atoms with E-state index in [9.17, 15) is 14.8 Å². The van der Waals surface area contributed by atoms with Crippen molar-refractivity contribution in [3.63, 3.8) is 0 Å². The molecule has 1 atom stereocenters. The molecule has 2 aromatic rings. The van der Waals surface area contributed by atoms with E-state index in [1.807, 2.05) is 30.3 Å². The molecule has 27 heavy (non-hydrogen) atoms. The van der Waals surface area contributed by atoms with E-state index >= 15 is 0 Å². The summed E-state index contributed by atoms with van der Waals surface area (Å²) in [6.45, 7) is 7.45. The minimum absolute atomic E-state index is 0.220. The molecular formula is C19H24N4O4. The Labute approximate surface area is 157 Å². The van der Waals surface area contributed by atoms with E-state index < -0.39 is 23.6 Å². The van der Waals surface area contributed by atoms with Gasteiger partial charge in [-0.3, -0.25) is 14.7 Å². The van der Waals surface area contributed by atoms with Crippen LogP contribution in [0.15, 0.2) is 30.3 Å². The maximum absolute atomic E-state index is 12.5. The highest BCUT2D eigenvalue weighted by atomic mass is 16.6. The molecular weight excluding hydrogens is 348 g/mol. The van der Waals surface area contributed by atoms with Gasteiger partial charge in [0, 0.05) is 6.42 Å². The molecule has 8 heteroatoms. The lowest BCUT2D eigenvalue weighted by atomic mass is 10.0. The van der Waals surface area contributed by atoms with E-state index in [4.69, 9.17) is 4.74 Å². The number of nitrogens with one attached hydrogen (secondary N) is 1. The van der Waals surface area contributed by atoms with Gasteiger partial charge in [-0.05, 0) is 33.3 Å². The number of carbonyl (C=O) groups excluding carboxylic acids is 2. The molecule has 8 nitrogen and oxygen atoms in total. The molecule has 0 saturated carbocycles. The lowest BCUT2D eigenvalue weighted by molar-refractivity contribution is -0.126. The van der Waals surface area contributed by atoms with Gasteiger partial charge in [-0.15, -0.1) is 0 Å². The maximum Gasteiger partial charge on any atom is 0.408 e. The third kappa shape index (κ3) is 4.11. The molecule has 0 bridgehead atoms. The first kappa shape index (κ1) is 18.9. The maximum atomic E-state index is 12.5. The molecule has 0 radical (unpaired) electrons. The van der Waals surface area contributed by atoms with Crippen molar-refractivity contribution >= 4 is 17.7 Å². The number of fused-ring (bicyclic) bond motifs is 1. The van der Waals surface area contributed by atoms with Crippen LogP contribution in [-0.4, -0.2) is 38.6 Å². The molecule has 0 saturated heterocycles. The van der Waals surface area contributed by atoms with Crippen LogP contribution in [0.3, 0.4) is 0 Å². The number of anilines is 1. The number of benzene rings is 1. The van der Waals surface area contributed by atoms with Gasteiger partial charge < -0.3 is 10.1 Å². The SMILES string of the molecule is Cc1nn(Cc2ccccc2)c2c1N(O)C(=O)[C@@H](NC(=O)OC(C)(C)C)C2. The minimum atomic E-state index is -0.928. The second-order valence-corrected chi connectivity index (χ2v) is 7.58. The van der Waals surface area contributed by atoms with Crippen molar-refractivity contribution in [3.8, 4) is 0 Å². The Morgan fingerprint density at radius 3 is 2.63 bits per heavy atom. The number of amides is 2. The third-order valence-corrected chi connectivity index (χ3v) is 4.18. The number of ether oxygens (including phenoxy) is 1. The average Bonchev–Trinajstić information content (AvgIpc) is 2.87. The largest absolute Gasteiger partial charge is 0.444 e. The number of carbonyl (C=O) groups is 2. The highest BCUT2D eigenvalue weighted by Crippen LogP contribution is 2.30. The Morgan fingerprint density at radius 2 is 2.00 bits per heavy atom. The summed E-state index contributed by atoms with van der Waals surface area (Å²) < 4.78 is 6.97. The Kier molecular flexibility index (Phi) is 4.93. The average molecular weight is 372 g/mol. The summed E-state index contributed by atoms with van der Waals surface area (Å²) in [5.41, 5.74) is 1.96. The second-order valence-electron chi connectivity index (χ2n) is 7.58. The van der Waals surface area contributed by atoms with Gasteiger partial charge in [0.1, 0.15) is 17.3 Å². The van der Waals surface area contributed by atoms with Gasteiger partial charge in [-0.25, -0.2) is 4.79 Å². The highest BCUT2D eigenvalue weighted by Gasteiger charge is 2.38. The van der Waals surface area contributed by atoms with Gasteiger partial charge in [0.25, 0.3) is 5.91 Å². The number of nitrogens with zero attached hydrogens (tertiary/aromatic N) is 3. The summed E-state index contributed by atoms with van der Waals surface area (Å²) in [6.07, 6.45) is -0.485. The molecule has 1 aliphatic rings. The third-order valence-electron chi connectivity index (χ3n) is 4.18. The fraction of sp³-hybridized carbons (Fsp3) is 0.421. The first-order chi connectivity index (χ1) is 12.7. The van der Waals surface area contributed by atoms with E-state index in [2.05, 4.69) is 10.4 Å². The van der Waals surface area contributed by atoms with Crippen LogP contribution in [0.25, 0.3) is 0 Å². The molecule has 1 aromatic carbocycles. The van der Waals surface area contributed by atoms with E-state index in [1.165, 1.54) is 0 Å². The fourth-order valence-corrected chi connectivity index (χ4v) is 3.09. The number of rotatable bonds is 3. The van der Waals surface area contributed by atoms with Crippen LogP contribution >= 0.6 is 0 Å². The zero-order valence-corrected chi connectivity index (χ0v) is 15.9. The van der Waals surface area contributed by atoms with Crippen LogP contribution in [0.1, 0.15) is 37.7 Å². The lowest BCUT2D eigenvalue weighted by Gasteiger charge is -2.29. The Hall–Kier alpha value is -2.87. The standard InChI is InChI=1S/C19H24N4O4/c1-12-16-15(22(21-12)11-13-8-6-5-7-9-13)10-14(17(24)23(16)26)20-18(25)27-19(2,3)4/h5-9,14,26H,10-11H2,1-4H3,(H,20,25)/t14-/m0/s1. The molecule has 0 fully saturated rings. The molecule has 144 valence electrons. The van der Waals surface area contributed by atoms with Crippen molar-refractivity contribution in [2.24, 2.45) is 0 Å². The molecule has 0 spiro atoms. The van der Waals surface area contributed by atoms with E-state index in [0.29, 0.717) is 28.7 Å². The first-order valence-electron chi connectivity index (χ1n) is 8.78. The molecule has 1 aromatic heterocycles. The predicted molar refractivity (Wildman–Crippen MR) is 98.6 cm³/mol. The van der Waals surface area contributed by atoms with Crippen LogP contribution in [0.2, 0.25) is 0 Å². The Morgan fingerprint density at radius 1 is 1.33 bits per heavy atom. The number of hydroxylamine groups is 1.